The van der Waals surface area contributed by atoms with Crippen molar-refractivity contribution >= 4 is 11.9 Å². The molecule has 0 saturated carbocycles. The van der Waals surface area contributed by atoms with Gasteiger partial charge in [-0.25, -0.2) is 0 Å². The molecule has 1 heterocycles. The molecular formula is C12H21NO3. The van der Waals surface area contributed by atoms with Crippen LogP contribution >= 0.6 is 0 Å². The van der Waals surface area contributed by atoms with Crippen molar-refractivity contribution in [3.05, 3.63) is 0 Å². The van der Waals surface area contributed by atoms with Crippen LogP contribution in [-0.2, 0) is 14.3 Å². The highest BCUT2D eigenvalue weighted by Crippen LogP contribution is 2.16. The Morgan fingerprint density at radius 1 is 1.38 bits per heavy atom. The Bertz CT molecular complexity index is 253. The van der Waals surface area contributed by atoms with E-state index in [1.165, 1.54) is 13.5 Å². The zero-order valence-corrected chi connectivity index (χ0v) is 10.2. The average molecular weight is 227 g/mol. The molecule has 0 aromatic carbocycles. The van der Waals surface area contributed by atoms with Gasteiger partial charge in [0, 0.05) is 25.9 Å². The van der Waals surface area contributed by atoms with E-state index >= 15 is 0 Å². The molecule has 0 radical (unpaired) electrons. The number of ether oxygens (including phenoxy) is 1. The first-order valence-corrected chi connectivity index (χ1v) is 5.98. The molecule has 1 amide bonds. The van der Waals surface area contributed by atoms with Gasteiger partial charge in [0.1, 0.15) is 0 Å². The molecule has 0 unspecified atom stereocenters. The molecule has 1 aliphatic heterocycles. The predicted octanol–water partition coefficient (Wildman–Crippen LogP) is 1.59. The van der Waals surface area contributed by atoms with E-state index in [2.05, 4.69) is 11.7 Å². The van der Waals surface area contributed by atoms with Crippen molar-refractivity contribution in [3.63, 3.8) is 0 Å². The maximum atomic E-state index is 11.8. The number of esters is 1. The molecule has 4 nitrogen and oxygen atoms in total. The SMILES string of the molecule is COC(=O)CCCC(=O)N1CCC[C@H](C)C1. The van der Waals surface area contributed by atoms with E-state index in [-0.39, 0.29) is 11.9 Å². The summed E-state index contributed by atoms with van der Waals surface area (Å²) in [6.07, 6.45) is 3.71. The summed E-state index contributed by atoms with van der Waals surface area (Å²) >= 11 is 0. The monoisotopic (exact) mass is 227 g/mol. The Hall–Kier alpha value is -1.06. The zero-order valence-electron chi connectivity index (χ0n) is 10.2. The van der Waals surface area contributed by atoms with E-state index in [0.717, 1.165) is 19.5 Å². The molecule has 0 aromatic heterocycles. The quantitative estimate of drug-likeness (QED) is 0.685. The first kappa shape index (κ1) is 13.0. The summed E-state index contributed by atoms with van der Waals surface area (Å²) < 4.78 is 4.53. The number of hydrogen-bond donors (Lipinski definition) is 0. The largest absolute Gasteiger partial charge is 0.469 e. The molecule has 0 aromatic rings. The molecule has 1 atom stereocenters. The number of methoxy groups -OCH3 is 1. The molecule has 16 heavy (non-hydrogen) atoms. The third-order valence-electron chi connectivity index (χ3n) is 3.01. The lowest BCUT2D eigenvalue weighted by Crippen LogP contribution is -2.39. The molecule has 92 valence electrons. The fourth-order valence-corrected chi connectivity index (χ4v) is 2.06. The lowest BCUT2D eigenvalue weighted by molar-refractivity contribution is -0.141. The Labute approximate surface area is 96.9 Å². The van der Waals surface area contributed by atoms with Gasteiger partial charge >= 0.3 is 5.97 Å². The molecule has 1 saturated heterocycles. The smallest absolute Gasteiger partial charge is 0.305 e. The number of carbonyl (C=O) groups excluding carboxylic acids is 2. The van der Waals surface area contributed by atoms with Gasteiger partial charge in [-0.15, -0.1) is 0 Å². The van der Waals surface area contributed by atoms with Crippen LogP contribution in [0.5, 0.6) is 0 Å². The molecule has 4 heteroatoms. The van der Waals surface area contributed by atoms with Crippen molar-refractivity contribution in [1.82, 2.24) is 4.90 Å². The Morgan fingerprint density at radius 3 is 2.75 bits per heavy atom. The van der Waals surface area contributed by atoms with Gasteiger partial charge in [-0.2, -0.15) is 0 Å². The predicted molar refractivity (Wildman–Crippen MR) is 60.8 cm³/mol. The molecule has 1 rings (SSSR count). The van der Waals surface area contributed by atoms with Crippen LogP contribution in [0.3, 0.4) is 0 Å². The normalized spacial score (nSPS) is 20.6. The fraction of sp³-hybridized carbons (Fsp3) is 0.833. The number of piperidine rings is 1. The summed E-state index contributed by atoms with van der Waals surface area (Å²) in [5.41, 5.74) is 0. The minimum Gasteiger partial charge on any atom is -0.469 e. The lowest BCUT2D eigenvalue weighted by atomic mass is 10.00. The van der Waals surface area contributed by atoms with Crippen molar-refractivity contribution < 1.29 is 14.3 Å². The van der Waals surface area contributed by atoms with Crippen molar-refractivity contribution in [2.75, 3.05) is 20.2 Å². The van der Waals surface area contributed by atoms with Crippen LogP contribution in [0.15, 0.2) is 0 Å². The van der Waals surface area contributed by atoms with Crippen molar-refractivity contribution in [3.8, 4) is 0 Å². The highest BCUT2D eigenvalue weighted by molar-refractivity contribution is 5.77. The first-order chi connectivity index (χ1) is 7.63. The fourth-order valence-electron chi connectivity index (χ4n) is 2.06. The topological polar surface area (TPSA) is 46.6 Å². The second-order valence-corrected chi connectivity index (χ2v) is 4.52. The number of hydrogen-bond acceptors (Lipinski definition) is 3. The van der Waals surface area contributed by atoms with Gasteiger partial charge in [0.05, 0.1) is 7.11 Å². The summed E-state index contributed by atoms with van der Waals surface area (Å²) in [5, 5.41) is 0. The van der Waals surface area contributed by atoms with E-state index in [1.807, 2.05) is 4.90 Å². The van der Waals surface area contributed by atoms with Crippen LogP contribution in [0.25, 0.3) is 0 Å². The van der Waals surface area contributed by atoms with Gasteiger partial charge in [0.25, 0.3) is 0 Å². The lowest BCUT2D eigenvalue weighted by Gasteiger charge is -2.31. The zero-order chi connectivity index (χ0) is 12.0. The molecule has 0 N–H and O–H groups in total. The Kier molecular flexibility index (Phi) is 5.29. The molecule has 0 bridgehead atoms. The summed E-state index contributed by atoms with van der Waals surface area (Å²) in [6.45, 7) is 3.92. The van der Waals surface area contributed by atoms with E-state index < -0.39 is 0 Å². The van der Waals surface area contributed by atoms with E-state index in [0.29, 0.717) is 25.2 Å². The third-order valence-corrected chi connectivity index (χ3v) is 3.01. The van der Waals surface area contributed by atoms with Crippen LogP contribution in [0.4, 0.5) is 0 Å². The molecular weight excluding hydrogens is 206 g/mol. The van der Waals surface area contributed by atoms with Crippen LogP contribution in [0, 0.1) is 5.92 Å². The van der Waals surface area contributed by atoms with E-state index in [1.54, 1.807) is 0 Å². The average Bonchev–Trinajstić information content (AvgIpc) is 2.28. The summed E-state index contributed by atoms with van der Waals surface area (Å²) in [6, 6.07) is 0. The number of amides is 1. The Morgan fingerprint density at radius 2 is 2.12 bits per heavy atom. The van der Waals surface area contributed by atoms with Gasteiger partial charge < -0.3 is 9.64 Å². The third kappa shape index (κ3) is 4.21. The second kappa shape index (κ2) is 6.51. The van der Waals surface area contributed by atoms with Crippen molar-refractivity contribution in [2.24, 2.45) is 5.92 Å². The summed E-state index contributed by atoms with van der Waals surface area (Å²) in [7, 11) is 1.37. The molecule has 1 fully saturated rings. The second-order valence-electron chi connectivity index (χ2n) is 4.52. The summed E-state index contributed by atoms with van der Waals surface area (Å²) in [5.74, 6) is 0.550. The highest BCUT2D eigenvalue weighted by Gasteiger charge is 2.20. The van der Waals surface area contributed by atoms with Crippen molar-refractivity contribution in [2.45, 2.75) is 39.0 Å². The van der Waals surface area contributed by atoms with Crippen LogP contribution < -0.4 is 0 Å². The summed E-state index contributed by atoms with van der Waals surface area (Å²) in [4.78, 5) is 24.6. The Balaban J connectivity index is 2.21. The van der Waals surface area contributed by atoms with Gasteiger partial charge in [-0.05, 0) is 25.2 Å². The van der Waals surface area contributed by atoms with Crippen LogP contribution in [0.2, 0.25) is 0 Å². The van der Waals surface area contributed by atoms with Gasteiger partial charge in [0.2, 0.25) is 5.91 Å². The minimum atomic E-state index is -0.236. The number of nitrogens with zero attached hydrogens (tertiary/aromatic N) is 1. The van der Waals surface area contributed by atoms with E-state index in [9.17, 15) is 9.59 Å². The molecule has 1 aliphatic rings. The van der Waals surface area contributed by atoms with Crippen LogP contribution in [-0.4, -0.2) is 37.0 Å². The maximum Gasteiger partial charge on any atom is 0.305 e. The van der Waals surface area contributed by atoms with Crippen molar-refractivity contribution in [1.29, 1.82) is 0 Å². The van der Waals surface area contributed by atoms with Gasteiger partial charge in [0.15, 0.2) is 0 Å². The number of rotatable bonds is 4. The van der Waals surface area contributed by atoms with Gasteiger partial charge in [-0.1, -0.05) is 6.92 Å². The standard InChI is InChI=1S/C12H21NO3/c1-10-5-4-8-13(9-10)11(14)6-3-7-12(15)16-2/h10H,3-9H2,1-2H3/t10-/m0/s1. The molecule has 0 aliphatic carbocycles. The molecule has 0 spiro atoms. The first-order valence-electron chi connectivity index (χ1n) is 5.98. The minimum absolute atomic E-state index is 0.176. The van der Waals surface area contributed by atoms with Crippen LogP contribution in [0.1, 0.15) is 39.0 Å². The highest BCUT2D eigenvalue weighted by atomic mass is 16.5. The van der Waals surface area contributed by atoms with Gasteiger partial charge in [-0.3, -0.25) is 9.59 Å². The number of carbonyl (C=O) groups is 2. The van der Waals surface area contributed by atoms with E-state index in [4.69, 9.17) is 0 Å². The maximum absolute atomic E-state index is 11.8. The number of likely N-dealkylation sites (tertiary alicyclic amines) is 1.